The van der Waals surface area contributed by atoms with Crippen LogP contribution in [0.1, 0.15) is 20.3 Å². The van der Waals surface area contributed by atoms with Crippen LogP contribution in [0.25, 0.3) is 0 Å². The van der Waals surface area contributed by atoms with E-state index in [1.54, 1.807) is 18.2 Å². The summed E-state index contributed by atoms with van der Waals surface area (Å²) in [6.07, 6.45) is 0.839. The molecular weight excluding hydrogens is 335 g/mol. The molecule has 3 N–H and O–H groups in total. The minimum Gasteiger partial charge on any atom is -0.484 e. The maximum absolute atomic E-state index is 11.8. The Labute approximate surface area is 141 Å². The number of hydrogen-bond acceptors (Lipinski definition) is 3. The first-order valence-corrected chi connectivity index (χ1v) is 7.24. The van der Waals surface area contributed by atoms with Crippen LogP contribution in [0.4, 0.5) is 0 Å². The maximum Gasteiger partial charge on any atom is 0.258 e. The van der Waals surface area contributed by atoms with Gasteiger partial charge in [-0.15, -0.1) is 12.4 Å². The van der Waals surface area contributed by atoms with Gasteiger partial charge in [0.05, 0.1) is 0 Å². The molecule has 21 heavy (non-hydrogen) atoms. The summed E-state index contributed by atoms with van der Waals surface area (Å²) in [5.41, 5.74) is 5.63. The van der Waals surface area contributed by atoms with Crippen molar-refractivity contribution in [1.82, 2.24) is 5.32 Å². The van der Waals surface area contributed by atoms with Gasteiger partial charge in [0, 0.05) is 22.6 Å². The molecule has 0 saturated heterocycles. The standard InChI is InChI=1S/C14H20Cl2N2O2.ClH/c1-9(2)3-12(7-17)18-14(19)8-20-13-5-10(15)4-11(16)6-13;/h4-6,9,12H,3,7-8,17H2,1-2H3,(H,18,19);1H. The Morgan fingerprint density at radius 2 is 1.86 bits per heavy atom. The van der Waals surface area contributed by atoms with E-state index in [1.165, 1.54) is 0 Å². The molecule has 1 rings (SSSR count). The molecule has 1 aromatic carbocycles. The molecule has 120 valence electrons. The molecule has 0 heterocycles. The molecule has 4 nitrogen and oxygen atoms in total. The highest BCUT2D eigenvalue weighted by atomic mass is 35.5. The third-order valence-corrected chi connectivity index (χ3v) is 3.05. The summed E-state index contributed by atoms with van der Waals surface area (Å²) in [6, 6.07) is 4.78. The van der Waals surface area contributed by atoms with Crippen LogP contribution in [0.15, 0.2) is 18.2 Å². The summed E-state index contributed by atoms with van der Waals surface area (Å²) >= 11 is 11.7. The minimum absolute atomic E-state index is 0. The average molecular weight is 356 g/mol. The van der Waals surface area contributed by atoms with E-state index >= 15 is 0 Å². The van der Waals surface area contributed by atoms with Crippen LogP contribution >= 0.6 is 35.6 Å². The Kier molecular flexibility index (Phi) is 9.79. The highest BCUT2D eigenvalue weighted by Gasteiger charge is 2.13. The molecule has 0 aliphatic heterocycles. The number of ether oxygens (including phenoxy) is 1. The van der Waals surface area contributed by atoms with Gasteiger partial charge in [-0.1, -0.05) is 37.0 Å². The number of benzene rings is 1. The average Bonchev–Trinajstić information content (AvgIpc) is 2.34. The first kappa shape index (κ1) is 20.3. The monoisotopic (exact) mass is 354 g/mol. The molecule has 1 atom stereocenters. The summed E-state index contributed by atoms with van der Waals surface area (Å²) in [6.45, 7) is 4.48. The Morgan fingerprint density at radius 1 is 1.29 bits per heavy atom. The van der Waals surface area contributed by atoms with Crippen LogP contribution in [0, 0.1) is 5.92 Å². The fourth-order valence-corrected chi connectivity index (χ4v) is 2.32. The van der Waals surface area contributed by atoms with E-state index < -0.39 is 0 Å². The number of halogens is 3. The number of rotatable bonds is 7. The fraction of sp³-hybridized carbons (Fsp3) is 0.500. The number of nitrogens with two attached hydrogens (primary N) is 1. The van der Waals surface area contributed by atoms with Crippen LogP contribution in [-0.4, -0.2) is 25.1 Å². The van der Waals surface area contributed by atoms with E-state index in [0.717, 1.165) is 6.42 Å². The van der Waals surface area contributed by atoms with Crippen molar-refractivity contribution in [3.8, 4) is 5.75 Å². The van der Waals surface area contributed by atoms with Crippen molar-refractivity contribution in [2.45, 2.75) is 26.3 Å². The van der Waals surface area contributed by atoms with Crippen LogP contribution in [0.5, 0.6) is 5.75 Å². The second-order valence-electron chi connectivity index (χ2n) is 5.02. The van der Waals surface area contributed by atoms with Gasteiger partial charge in [-0.3, -0.25) is 4.79 Å². The molecule has 1 amide bonds. The van der Waals surface area contributed by atoms with E-state index in [0.29, 0.717) is 28.3 Å². The molecule has 0 aliphatic rings. The molecule has 0 radical (unpaired) electrons. The van der Waals surface area contributed by atoms with Gasteiger partial charge < -0.3 is 15.8 Å². The number of hydrogen-bond donors (Lipinski definition) is 2. The largest absolute Gasteiger partial charge is 0.484 e. The summed E-state index contributed by atoms with van der Waals surface area (Å²) in [4.78, 5) is 11.8. The topological polar surface area (TPSA) is 64.3 Å². The highest BCUT2D eigenvalue weighted by molar-refractivity contribution is 6.34. The molecule has 1 unspecified atom stereocenters. The van der Waals surface area contributed by atoms with Crippen LogP contribution in [0.2, 0.25) is 10.0 Å². The second-order valence-corrected chi connectivity index (χ2v) is 5.90. The third-order valence-electron chi connectivity index (χ3n) is 2.61. The smallest absolute Gasteiger partial charge is 0.258 e. The third kappa shape index (κ3) is 8.37. The molecule has 0 fully saturated rings. The Bertz CT molecular complexity index is 436. The molecule has 1 aromatic rings. The number of nitrogens with one attached hydrogen (secondary N) is 1. The van der Waals surface area contributed by atoms with Crippen molar-refractivity contribution in [3.05, 3.63) is 28.2 Å². The van der Waals surface area contributed by atoms with Gasteiger partial charge in [0.1, 0.15) is 5.75 Å². The van der Waals surface area contributed by atoms with E-state index in [9.17, 15) is 4.79 Å². The molecule has 0 bridgehead atoms. The zero-order valence-corrected chi connectivity index (χ0v) is 14.4. The Morgan fingerprint density at radius 3 is 2.33 bits per heavy atom. The normalized spacial score (nSPS) is 11.7. The first-order chi connectivity index (χ1) is 9.40. The van der Waals surface area contributed by atoms with Gasteiger partial charge in [0.15, 0.2) is 6.61 Å². The van der Waals surface area contributed by atoms with Crippen LogP contribution < -0.4 is 15.8 Å². The molecule has 0 saturated carbocycles. The van der Waals surface area contributed by atoms with Crippen molar-refractivity contribution >= 4 is 41.5 Å². The second kappa shape index (κ2) is 10.1. The summed E-state index contributed by atoms with van der Waals surface area (Å²) in [7, 11) is 0. The van der Waals surface area contributed by atoms with Gasteiger partial charge in [0.25, 0.3) is 5.91 Å². The van der Waals surface area contributed by atoms with Gasteiger partial charge in [-0.25, -0.2) is 0 Å². The molecule has 0 aromatic heterocycles. The maximum atomic E-state index is 11.8. The van der Waals surface area contributed by atoms with Crippen molar-refractivity contribution in [1.29, 1.82) is 0 Å². The first-order valence-electron chi connectivity index (χ1n) is 6.49. The van der Waals surface area contributed by atoms with Gasteiger partial charge >= 0.3 is 0 Å². The zero-order valence-electron chi connectivity index (χ0n) is 12.1. The Hall–Kier alpha value is -0.680. The summed E-state index contributed by atoms with van der Waals surface area (Å²) in [5.74, 6) is 0.722. The fourth-order valence-electron chi connectivity index (χ4n) is 1.81. The lowest BCUT2D eigenvalue weighted by Crippen LogP contribution is -2.43. The van der Waals surface area contributed by atoms with Crippen molar-refractivity contribution in [2.75, 3.05) is 13.2 Å². The zero-order chi connectivity index (χ0) is 15.1. The number of carbonyl (C=O) groups excluding carboxylic acids is 1. The van der Waals surface area contributed by atoms with Crippen molar-refractivity contribution < 1.29 is 9.53 Å². The predicted molar refractivity (Wildman–Crippen MR) is 89.6 cm³/mol. The lowest BCUT2D eigenvalue weighted by Gasteiger charge is -2.18. The molecule has 0 spiro atoms. The lowest BCUT2D eigenvalue weighted by atomic mass is 10.0. The summed E-state index contributed by atoms with van der Waals surface area (Å²) < 4.78 is 5.36. The SMILES string of the molecule is CC(C)CC(CN)NC(=O)COc1cc(Cl)cc(Cl)c1.Cl. The highest BCUT2D eigenvalue weighted by Crippen LogP contribution is 2.24. The minimum atomic E-state index is -0.211. The van der Waals surface area contributed by atoms with Crippen LogP contribution in [-0.2, 0) is 4.79 Å². The number of carbonyl (C=O) groups is 1. The predicted octanol–water partition coefficient (Wildman–Crippen LogP) is 3.28. The van der Waals surface area contributed by atoms with E-state index in [2.05, 4.69) is 19.2 Å². The van der Waals surface area contributed by atoms with Crippen molar-refractivity contribution in [2.24, 2.45) is 11.7 Å². The van der Waals surface area contributed by atoms with E-state index in [-0.39, 0.29) is 31.0 Å². The van der Waals surface area contributed by atoms with Crippen LogP contribution in [0.3, 0.4) is 0 Å². The molecular formula is C14H21Cl3N2O2. The Balaban J connectivity index is 0.00000400. The number of amides is 1. The lowest BCUT2D eigenvalue weighted by molar-refractivity contribution is -0.123. The van der Waals surface area contributed by atoms with E-state index in [4.69, 9.17) is 33.7 Å². The molecule has 7 heteroatoms. The van der Waals surface area contributed by atoms with Gasteiger partial charge in [-0.05, 0) is 30.5 Å². The van der Waals surface area contributed by atoms with Gasteiger partial charge in [-0.2, -0.15) is 0 Å². The quantitative estimate of drug-likeness (QED) is 0.789. The van der Waals surface area contributed by atoms with Crippen molar-refractivity contribution in [3.63, 3.8) is 0 Å². The molecule has 0 aliphatic carbocycles. The van der Waals surface area contributed by atoms with Gasteiger partial charge in [0.2, 0.25) is 0 Å². The summed E-state index contributed by atoms with van der Waals surface area (Å²) in [5, 5.41) is 3.77. The van der Waals surface area contributed by atoms with E-state index in [1.807, 2.05) is 0 Å².